The molecule has 0 saturated heterocycles. The number of thiazole rings is 1. The van der Waals surface area contributed by atoms with Crippen LogP contribution in [0.1, 0.15) is 15.4 Å². The van der Waals surface area contributed by atoms with E-state index in [2.05, 4.69) is 25.6 Å². The highest BCUT2D eigenvalue weighted by molar-refractivity contribution is 9.10. The lowest BCUT2D eigenvalue weighted by molar-refractivity contribution is 0.0697. The molecule has 0 fully saturated rings. The Morgan fingerprint density at radius 1 is 1.45 bits per heavy atom. The topological polar surface area (TPSA) is 96.4 Å². The molecule has 0 bridgehead atoms. The van der Waals surface area contributed by atoms with Gasteiger partial charge in [0.1, 0.15) is 0 Å². The zero-order valence-electron chi connectivity index (χ0n) is 10.1. The Kier molecular flexibility index (Phi) is 4.11. The van der Waals surface area contributed by atoms with Gasteiger partial charge in [0.05, 0.1) is 22.5 Å². The molecule has 2 aromatic rings. The van der Waals surface area contributed by atoms with E-state index in [1.165, 1.54) is 24.4 Å². The molecule has 20 heavy (non-hydrogen) atoms. The van der Waals surface area contributed by atoms with Crippen molar-refractivity contribution in [2.75, 3.05) is 4.72 Å². The van der Waals surface area contributed by atoms with Gasteiger partial charge in [-0.3, -0.25) is 4.72 Å². The van der Waals surface area contributed by atoms with Gasteiger partial charge in [0.2, 0.25) is 0 Å². The Morgan fingerprint density at radius 2 is 2.15 bits per heavy atom. The number of carbonyl (C=O) groups is 1. The first kappa shape index (κ1) is 14.9. The van der Waals surface area contributed by atoms with Gasteiger partial charge in [-0.15, -0.1) is 11.3 Å². The van der Waals surface area contributed by atoms with Crippen LogP contribution in [0, 0.1) is 6.92 Å². The molecular weight excluding hydrogens is 368 g/mol. The van der Waals surface area contributed by atoms with Crippen LogP contribution in [0.3, 0.4) is 0 Å². The molecule has 1 heterocycles. The first-order valence-corrected chi connectivity index (χ1v) is 8.37. The summed E-state index contributed by atoms with van der Waals surface area (Å²) in [7, 11) is -3.72. The lowest BCUT2D eigenvalue weighted by atomic mass is 10.2. The van der Waals surface area contributed by atoms with Gasteiger partial charge < -0.3 is 5.11 Å². The Hall–Kier alpha value is -1.45. The van der Waals surface area contributed by atoms with Crippen molar-refractivity contribution in [3.8, 4) is 0 Å². The van der Waals surface area contributed by atoms with Gasteiger partial charge in [0, 0.05) is 4.47 Å². The third-order valence-corrected chi connectivity index (χ3v) is 5.72. The molecule has 0 saturated carbocycles. The highest BCUT2D eigenvalue weighted by atomic mass is 79.9. The maximum Gasteiger partial charge on any atom is 0.335 e. The molecule has 0 amide bonds. The number of anilines is 1. The van der Waals surface area contributed by atoms with Gasteiger partial charge in [-0.25, -0.2) is 18.2 Å². The van der Waals surface area contributed by atoms with E-state index in [0.717, 1.165) is 11.3 Å². The number of rotatable bonds is 4. The van der Waals surface area contributed by atoms with E-state index in [1.54, 1.807) is 6.92 Å². The minimum absolute atomic E-state index is 0.0634. The van der Waals surface area contributed by atoms with Gasteiger partial charge in [0.15, 0.2) is 4.21 Å². The highest BCUT2D eigenvalue weighted by Gasteiger charge is 2.19. The summed E-state index contributed by atoms with van der Waals surface area (Å²) in [4.78, 5) is 14.7. The van der Waals surface area contributed by atoms with Crippen molar-refractivity contribution in [2.24, 2.45) is 0 Å². The number of aryl methyl sites for hydroxylation is 1. The van der Waals surface area contributed by atoms with E-state index in [0.29, 0.717) is 9.48 Å². The fourth-order valence-electron chi connectivity index (χ4n) is 1.39. The Labute approximate surface area is 127 Å². The summed E-state index contributed by atoms with van der Waals surface area (Å²) in [6.07, 6.45) is 1.28. The Bertz CT molecular complexity index is 770. The van der Waals surface area contributed by atoms with E-state index in [1.807, 2.05) is 0 Å². The van der Waals surface area contributed by atoms with E-state index in [4.69, 9.17) is 5.11 Å². The zero-order valence-corrected chi connectivity index (χ0v) is 13.3. The van der Waals surface area contributed by atoms with Gasteiger partial charge in [0.25, 0.3) is 10.0 Å². The van der Waals surface area contributed by atoms with Crippen LogP contribution in [0.15, 0.2) is 33.1 Å². The molecule has 0 aliphatic rings. The molecule has 9 heteroatoms. The summed E-state index contributed by atoms with van der Waals surface area (Å²) in [5, 5.41) is 9.49. The number of nitrogens with zero attached hydrogens (tertiary/aromatic N) is 1. The monoisotopic (exact) mass is 376 g/mol. The molecule has 6 nitrogen and oxygen atoms in total. The average Bonchev–Trinajstić information content (AvgIpc) is 2.79. The van der Waals surface area contributed by atoms with E-state index >= 15 is 0 Å². The van der Waals surface area contributed by atoms with Crippen LogP contribution in [0.25, 0.3) is 0 Å². The second kappa shape index (κ2) is 5.51. The molecule has 0 spiro atoms. The van der Waals surface area contributed by atoms with Crippen molar-refractivity contribution in [2.45, 2.75) is 11.1 Å². The van der Waals surface area contributed by atoms with Crippen molar-refractivity contribution in [1.29, 1.82) is 0 Å². The quantitative estimate of drug-likeness (QED) is 0.854. The number of aromatic nitrogens is 1. The molecular formula is C11H9BrN2O4S2. The van der Waals surface area contributed by atoms with Crippen LogP contribution in [0.2, 0.25) is 0 Å². The van der Waals surface area contributed by atoms with E-state index < -0.39 is 16.0 Å². The van der Waals surface area contributed by atoms with Crippen LogP contribution in [-0.4, -0.2) is 24.5 Å². The van der Waals surface area contributed by atoms with Crippen LogP contribution in [0.5, 0.6) is 0 Å². The van der Waals surface area contributed by atoms with Crippen molar-refractivity contribution in [1.82, 2.24) is 4.98 Å². The number of hydrogen-bond donors (Lipinski definition) is 2. The molecule has 106 valence electrons. The second-order valence-corrected chi connectivity index (χ2v) is 7.80. The van der Waals surface area contributed by atoms with Crippen molar-refractivity contribution < 1.29 is 18.3 Å². The minimum Gasteiger partial charge on any atom is -0.478 e. The maximum atomic E-state index is 12.1. The zero-order chi connectivity index (χ0) is 14.9. The molecule has 1 aromatic carbocycles. The number of nitrogens with one attached hydrogen (secondary N) is 1. The first-order valence-electron chi connectivity index (χ1n) is 5.28. The summed E-state index contributed by atoms with van der Waals surface area (Å²) in [6.45, 7) is 1.71. The number of hydrogen-bond acceptors (Lipinski definition) is 5. The molecule has 0 atom stereocenters. The Morgan fingerprint density at radius 3 is 2.65 bits per heavy atom. The fraction of sp³-hybridized carbons (Fsp3) is 0.0909. The lowest BCUT2D eigenvalue weighted by Crippen LogP contribution is -2.12. The highest BCUT2D eigenvalue weighted by Crippen LogP contribution is 2.27. The number of carboxylic acids is 1. The van der Waals surface area contributed by atoms with Crippen molar-refractivity contribution in [3.63, 3.8) is 0 Å². The third kappa shape index (κ3) is 3.17. The molecule has 2 N–H and O–H groups in total. The van der Waals surface area contributed by atoms with E-state index in [9.17, 15) is 13.2 Å². The summed E-state index contributed by atoms with van der Waals surface area (Å²) in [5.41, 5.74) is 0.328. The van der Waals surface area contributed by atoms with Crippen LogP contribution >= 0.6 is 27.3 Å². The van der Waals surface area contributed by atoms with Crippen LogP contribution in [-0.2, 0) is 10.0 Å². The third-order valence-electron chi connectivity index (χ3n) is 2.33. The van der Waals surface area contributed by atoms with Gasteiger partial charge in [-0.05, 0) is 41.1 Å². The lowest BCUT2D eigenvalue weighted by Gasteiger charge is -2.08. The van der Waals surface area contributed by atoms with Crippen LogP contribution in [0.4, 0.5) is 5.69 Å². The summed E-state index contributed by atoms with van der Waals surface area (Å²) < 4.78 is 27.1. The molecule has 2 rings (SSSR count). The molecule has 0 aliphatic carbocycles. The fourth-order valence-corrected chi connectivity index (χ4v) is 4.19. The SMILES string of the molecule is Cc1ncc(S(=O)(=O)Nc2ccc(C(=O)O)cc2Br)s1. The Balaban J connectivity index is 2.32. The summed E-state index contributed by atoms with van der Waals surface area (Å²) >= 11 is 4.20. The summed E-state index contributed by atoms with van der Waals surface area (Å²) in [6, 6.07) is 4.04. The van der Waals surface area contributed by atoms with Crippen LogP contribution < -0.4 is 4.72 Å². The van der Waals surface area contributed by atoms with Gasteiger partial charge in [-0.1, -0.05) is 0 Å². The minimum atomic E-state index is -3.72. The number of halogens is 1. The average molecular weight is 377 g/mol. The smallest absolute Gasteiger partial charge is 0.335 e. The largest absolute Gasteiger partial charge is 0.478 e. The summed E-state index contributed by atoms with van der Waals surface area (Å²) in [5.74, 6) is -1.09. The predicted molar refractivity (Wildman–Crippen MR) is 78.8 cm³/mol. The second-order valence-electron chi connectivity index (χ2n) is 3.80. The standard InChI is InChI=1S/C11H9BrN2O4S2/c1-6-13-5-10(19-6)20(17,18)14-9-3-2-7(11(15)16)4-8(9)12/h2-5,14H,1H3,(H,15,16). The normalized spacial score (nSPS) is 11.3. The van der Waals surface area contributed by atoms with Gasteiger partial charge >= 0.3 is 5.97 Å². The number of aromatic carboxylic acids is 1. The van der Waals surface area contributed by atoms with Crippen molar-refractivity contribution >= 4 is 48.9 Å². The number of benzene rings is 1. The number of sulfonamides is 1. The number of carboxylic acid groups (broad SMARTS) is 1. The molecule has 0 radical (unpaired) electrons. The first-order chi connectivity index (χ1) is 9.29. The molecule has 0 unspecified atom stereocenters. The van der Waals surface area contributed by atoms with E-state index in [-0.39, 0.29) is 15.5 Å². The molecule has 0 aliphatic heterocycles. The van der Waals surface area contributed by atoms with Crippen molar-refractivity contribution in [3.05, 3.63) is 39.4 Å². The maximum absolute atomic E-state index is 12.1. The van der Waals surface area contributed by atoms with Gasteiger partial charge in [-0.2, -0.15) is 0 Å². The predicted octanol–water partition coefficient (Wildman–Crippen LogP) is 2.71. The molecule has 1 aromatic heterocycles.